The third-order valence-corrected chi connectivity index (χ3v) is 4.51. The first-order valence-electron chi connectivity index (χ1n) is 7.01. The molecule has 0 aromatic heterocycles. The number of rotatable bonds is 4. The fraction of sp³-hybridized carbons (Fsp3) is 0.857. The van der Waals surface area contributed by atoms with Crippen molar-refractivity contribution in [3.63, 3.8) is 0 Å². The highest BCUT2D eigenvalue weighted by Gasteiger charge is 2.49. The van der Waals surface area contributed by atoms with Crippen LogP contribution in [0.25, 0.3) is 0 Å². The van der Waals surface area contributed by atoms with Crippen LogP contribution in [0.5, 0.6) is 0 Å². The zero-order valence-electron chi connectivity index (χ0n) is 11.8. The van der Waals surface area contributed by atoms with E-state index in [1.807, 2.05) is 18.7 Å². The Morgan fingerprint density at radius 1 is 1.28 bits per heavy atom. The van der Waals surface area contributed by atoms with Gasteiger partial charge in [0.2, 0.25) is 11.8 Å². The van der Waals surface area contributed by atoms with Gasteiger partial charge >= 0.3 is 0 Å². The van der Waals surface area contributed by atoms with Crippen LogP contribution < -0.4 is 5.32 Å². The summed E-state index contributed by atoms with van der Waals surface area (Å²) in [5.74, 6) is 0.674. The van der Waals surface area contributed by atoms with Crippen molar-refractivity contribution < 1.29 is 9.59 Å². The van der Waals surface area contributed by atoms with Crippen molar-refractivity contribution in [2.24, 2.45) is 11.3 Å². The standard InChI is InChI=1S/C14H24N2O2/c1-5-10-13(18)16(8-9-7-14(9,3)4)11(6-2)12(17)15-10/h9-11H,5-8H2,1-4H3,(H,15,17). The Bertz CT molecular complexity index is 365. The van der Waals surface area contributed by atoms with Gasteiger partial charge in [-0.2, -0.15) is 0 Å². The summed E-state index contributed by atoms with van der Waals surface area (Å²) in [6.45, 7) is 9.10. The Hall–Kier alpha value is -1.06. The molecule has 4 nitrogen and oxygen atoms in total. The number of carbonyl (C=O) groups is 2. The molecule has 2 aliphatic rings. The Balaban J connectivity index is 2.11. The highest BCUT2D eigenvalue weighted by molar-refractivity contribution is 5.96. The van der Waals surface area contributed by atoms with Gasteiger partial charge in [-0.1, -0.05) is 27.7 Å². The maximum absolute atomic E-state index is 12.4. The number of hydrogen-bond acceptors (Lipinski definition) is 2. The first kappa shape index (κ1) is 13.4. The number of nitrogens with one attached hydrogen (secondary N) is 1. The van der Waals surface area contributed by atoms with Crippen molar-refractivity contribution in [3.8, 4) is 0 Å². The van der Waals surface area contributed by atoms with Crippen molar-refractivity contribution in [1.82, 2.24) is 10.2 Å². The predicted octanol–water partition coefficient (Wildman–Crippen LogP) is 1.55. The molecule has 1 saturated heterocycles. The Morgan fingerprint density at radius 3 is 2.33 bits per heavy atom. The van der Waals surface area contributed by atoms with Gasteiger partial charge in [0, 0.05) is 6.54 Å². The Labute approximate surface area is 109 Å². The second-order valence-corrected chi connectivity index (χ2v) is 6.27. The van der Waals surface area contributed by atoms with Crippen molar-refractivity contribution in [1.29, 1.82) is 0 Å². The summed E-state index contributed by atoms with van der Waals surface area (Å²) in [6, 6.07) is -0.584. The van der Waals surface area contributed by atoms with Gasteiger partial charge in [-0.05, 0) is 30.6 Å². The number of nitrogens with zero attached hydrogens (tertiary/aromatic N) is 1. The number of hydrogen-bond donors (Lipinski definition) is 1. The first-order chi connectivity index (χ1) is 8.40. The van der Waals surface area contributed by atoms with Gasteiger partial charge in [-0.3, -0.25) is 9.59 Å². The molecule has 1 N–H and O–H groups in total. The molecule has 1 aliphatic heterocycles. The van der Waals surface area contributed by atoms with Crippen LogP contribution in [0.2, 0.25) is 0 Å². The molecule has 2 rings (SSSR count). The fourth-order valence-electron chi connectivity index (χ4n) is 2.85. The van der Waals surface area contributed by atoms with Crippen molar-refractivity contribution in [2.45, 2.75) is 59.0 Å². The monoisotopic (exact) mass is 252 g/mol. The third-order valence-electron chi connectivity index (χ3n) is 4.51. The maximum atomic E-state index is 12.4. The second kappa shape index (κ2) is 4.56. The molecule has 2 amide bonds. The molecule has 1 aliphatic carbocycles. The molecule has 0 bridgehead atoms. The number of carbonyl (C=O) groups excluding carboxylic acids is 2. The van der Waals surface area contributed by atoms with E-state index in [0.29, 0.717) is 24.2 Å². The Morgan fingerprint density at radius 2 is 1.89 bits per heavy atom. The van der Waals surface area contributed by atoms with Crippen LogP contribution in [0.4, 0.5) is 0 Å². The van der Waals surface area contributed by atoms with E-state index in [1.54, 1.807) is 0 Å². The van der Waals surface area contributed by atoms with Gasteiger partial charge in [0.25, 0.3) is 0 Å². The molecule has 4 heteroatoms. The molecular formula is C14H24N2O2. The molecule has 1 saturated carbocycles. The van der Waals surface area contributed by atoms with Gasteiger partial charge < -0.3 is 10.2 Å². The van der Waals surface area contributed by atoms with Crippen LogP contribution in [0.3, 0.4) is 0 Å². The minimum Gasteiger partial charge on any atom is -0.343 e. The normalized spacial score (nSPS) is 34.4. The fourth-order valence-corrected chi connectivity index (χ4v) is 2.85. The summed E-state index contributed by atoms with van der Waals surface area (Å²) in [7, 11) is 0. The topological polar surface area (TPSA) is 49.4 Å². The average Bonchev–Trinajstić information content (AvgIpc) is 2.91. The lowest BCUT2D eigenvalue weighted by molar-refractivity contribution is -0.149. The molecule has 18 heavy (non-hydrogen) atoms. The molecule has 102 valence electrons. The molecule has 1 heterocycles. The molecular weight excluding hydrogens is 228 g/mol. The lowest BCUT2D eigenvalue weighted by Crippen LogP contribution is -2.63. The molecule has 3 atom stereocenters. The summed E-state index contributed by atoms with van der Waals surface area (Å²) in [5.41, 5.74) is 0.341. The van der Waals surface area contributed by atoms with Gasteiger partial charge in [-0.25, -0.2) is 0 Å². The highest BCUT2D eigenvalue weighted by atomic mass is 16.2. The molecule has 2 fully saturated rings. The summed E-state index contributed by atoms with van der Waals surface area (Å²) in [4.78, 5) is 26.2. The third kappa shape index (κ3) is 2.25. The summed E-state index contributed by atoms with van der Waals surface area (Å²) in [6.07, 6.45) is 2.53. The van der Waals surface area contributed by atoms with Gasteiger partial charge in [0.1, 0.15) is 12.1 Å². The Kier molecular flexibility index (Phi) is 3.39. The van der Waals surface area contributed by atoms with E-state index in [9.17, 15) is 9.59 Å². The van der Waals surface area contributed by atoms with E-state index in [-0.39, 0.29) is 23.9 Å². The largest absolute Gasteiger partial charge is 0.343 e. The second-order valence-electron chi connectivity index (χ2n) is 6.27. The van der Waals surface area contributed by atoms with Crippen molar-refractivity contribution in [3.05, 3.63) is 0 Å². The van der Waals surface area contributed by atoms with E-state index >= 15 is 0 Å². The van der Waals surface area contributed by atoms with E-state index in [4.69, 9.17) is 0 Å². The maximum Gasteiger partial charge on any atom is 0.245 e. The number of piperazine rings is 1. The zero-order chi connectivity index (χ0) is 13.5. The summed E-state index contributed by atoms with van der Waals surface area (Å²) in [5, 5.41) is 2.83. The highest BCUT2D eigenvalue weighted by Crippen LogP contribution is 2.52. The quantitative estimate of drug-likeness (QED) is 0.825. The smallest absolute Gasteiger partial charge is 0.245 e. The first-order valence-corrected chi connectivity index (χ1v) is 7.01. The SMILES string of the molecule is CCC1NC(=O)C(CC)N(CC2CC2(C)C)C1=O. The summed E-state index contributed by atoms with van der Waals surface area (Å²) < 4.78 is 0. The minimum atomic E-state index is -0.317. The van der Waals surface area contributed by atoms with E-state index in [2.05, 4.69) is 19.2 Å². The molecule has 0 radical (unpaired) electrons. The number of amides is 2. The zero-order valence-corrected chi connectivity index (χ0v) is 11.8. The van der Waals surface area contributed by atoms with E-state index in [0.717, 1.165) is 13.0 Å². The van der Waals surface area contributed by atoms with Crippen LogP contribution in [0.1, 0.15) is 47.0 Å². The van der Waals surface area contributed by atoms with Gasteiger partial charge in [0.15, 0.2) is 0 Å². The summed E-state index contributed by atoms with van der Waals surface area (Å²) >= 11 is 0. The average molecular weight is 252 g/mol. The van der Waals surface area contributed by atoms with Gasteiger partial charge in [0.05, 0.1) is 0 Å². The predicted molar refractivity (Wildman–Crippen MR) is 69.9 cm³/mol. The molecule has 0 aromatic carbocycles. The van der Waals surface area contributed by atoms with Crippen molar-refractivity contribution in [2.75, 3.05) is 6.54 Å². The van der Waals surface area contributed by atoms with E-state index < -0.39 is 0 Å². The molecule has 0 aromatic rings. The molecule has 3 unspecified atom stereocenters. The van der Waals surface area contributed by atoms with E-state index in [1.165, 1.54) is 0 Å². The van der Waals surface area contributed by atoms with Crippen LogP contribution in [0, 0.1) is 11.3 Å². The van der Waals surface area contributed by atoms with Crippen LogP contribution >= 0.6 is 0 Å². The van der Waals surface area contributed by atoms with Gasteiger partial charge in [-0.15, -0.1) is 0 Å². The molecule has 0 spiro atoms. The van der Waals surface area contributed by atoms with Crippen LogP contribution in [-0.2, 0) is 9.59 Å². The lowest BCUT2D eigenvalue weighted by Gasteiger charge is -2.38. The minimum absolute atomic E-state index is 0.0161. The van der Waals surface area contributed by atoms with Crippen molar-refractivity contribution >= 4 is 11.8 Å². The van der Waals surface area contributed by atoms with Crippen LogP contribution in [0.15, 0.2) is 0 Å². The lowest BCUT2D eigenvalue weighted by atomic mass is 10.0. The van der Waals surface area contributed by atoms with Crippen LogP contribution in [-0.4, -0.2) is 35.3 Å².